The van der Waals surface area contributed by atoms with Gasteiger partial charge < -0.3 is 4.74 Å². The Labute approximate surface area is 117 Å². The number of rotatable bonds is 2. The van der Waals surface area contributed by atoms with Crippen LogP contribution < -0.4 is 4.74 Å². The average Bonchev–Trinajstić information content (AvgIpc) is 2.49. The van der Waals surface area contributed by atoms with Crippen LogP contribution in [0.5, 0.6) is 5.75 Å². The van der Waals surface area contributed by atoms with Gasteiger partial charge in [0.1, 0.15) is 11.6 Å². The average molecular weight is 270 g/mol. The van der Waals surface area contributed by atoms with Gasteiger partial charge in [0.25, 0.3) is 0 Å². The van der Waals surface area contributed by atoms with Gasteiger partial charge in [0.2, 0.25) is 0 Å². The van der Waals surface area contributed by atoms with Gasteiger partial charge in [0, 0.05) is 5.56 Å². The fraction of sp³-hybridized carbons (Fsp3) is 0.235. The van der Waals surface area contributed by atoms with Crippen LogP contribution in [0.4, 0.5) is 4.39 Å². The van der Waals surface area contributed by atoms with Crippen LogP contribution in [0.3, 0.4) is 0 Å². The first kappa shape index (κ1) is 12.9. The molecule has 0 radical (unpaired) electrons. The lowest BCUT2D eigenvalue weighted by molar-refractivity contribution is 0.103. The van der Waals surface area contributed by atoms with Crippen LogP contribution in [-0.4, -0.2) is 12.4 Å². The molecule has 0 spiro atoms. The largest absolute Gasteiger partial charge is 0.493 e. The monoisotopic (exact) mass is 270 g/mol. The molecule has 3 heteroatoms. The Bertz CT molecular complexity index is 677. The molecule has 102 valence electrons. The molecule has 0 N–H and O–H groups in total. The second kappa shape index (κ2) is 5.08. The number of hydrogen-bond donors (Lipinski definition) is 0. The Morgan fingerprint density at radius 2 is 2.10 bits per heavy atom. The number of benzene rings is 2. The van der Waals surface area contributed by atoms with Crippen LogP contribution in [0.1, 0.15) is 33.5 Å². The highest BCUT2D eigenvalue weighted by Gasteiger charge is 2.18. The van der Waals surface area contributed by atoms with Gasteiger partial charge in [-0.25, -0.2) is 4.39 Å². The molecule has 0 unspecified atom stereocenters. The first-order valence-electron chi connectivity index (χ1n) is 6.72. The quantitative estimate of drug-likeness (QED) is 0.778. The number of halogens is 1. The van der Waals surface area contributed by atoms with Gasteiger partial charge in [-0.1, -0.05) is 12.1 Å². The Balaban J connectivity index is 2.00. The normalized spacial score (nSPS) is 13.5. The number of carbonyl (C=O) groups is 1. The van der Waals surface area contributed by atoms with Crippen molar-refractivity contribution in [2.24, 2.45) is 0 Å². The Morgan fingerprint density at radius 3 is 2.95 bits per heavy atom. The summed E-state index contributed by atoms with van der Waals surface area (Å²) in [6.07, 6.45) is 1.84. The van der Waals surface area contributed by atoms with Gasteiger partial charge in [-0.3, -0.25) is 4.79 Å². The van der Waals surface area contributed by atoms with E-state index in [1.54, 1.807) is 31.2 Å². The third kappa shape index (κ3) is 2.20. The number of fused-ring (bicyclic) bond motifs is 1. The van der Waals surface area contributed by atoms with Crippen LogP contribution in [0, 0.1) is 12.7 Å². The third-order valence-corrected chi connectivity index (χ3v) is 3.61. The molecule has 0 amide bonds. The van der Waals surface area contributed by atoms with Crippen molar-refractivity contribution in [1.82, 2.24) is 0 Å². The lowest BCUT2D eigenvalue weighted by atomic mass is 9.97. The summed E-state index contributed by atoms with van der Waals surface area (Å²) in [4.78, 5) is 12.4. The molecule has 0 saturated carbocycles. The zero-order valence-electron chi connectivity index (χ0n) is 11.3. The highest BCUT2D eigenvalue weighted by atomic mass is 19.1. The summed E-state index contributed by atoms with van der Waals surface area (Å²) in [5.74, 6) is 0.114. The second-order valence-electron chi connectivity index (χ2n) is 5.04. The third-order valence-electron chi connectivity index (χ3n) is 3.61. The van der Waals surface area contributed by atoms with Gasteiger partial charge in [-0.05, 0) is 55.2 Å². The minimum Gasteiger partial charge on any atom is -0.493 e. The highest BCUT2D eigenvalue weighted by molar-refractivity contribution is 6.09. The van der Waals surface area contributed by atoms with E-state index in [2.05, 4.69) is 0 Å². The van der Waals surface area contributed by atoms with Gasteiger partial charge >= 0.3 is 0 Å². The zero-order valence-corrected chi connectivity index (χ0v) is 11.3. The van der Waals surface area contributed by atoms with E-state index in [4.69, 9.17) is 4.74 Å². The predicted octanol–water partition coefficient (Wildman–Crippen LogP) is 3.69. The smallest absolute Gasteiger partial charge is 0.195 e. The van der Waals surface area contributed by atoms with Crippen molar-refractivity contribution >= 4 is 5.78 Å². The van der Waals surface area contributed by atoms with Gasteiger partial charge in [-0.2, -0.15) is 0 Å². The van der Waals surface area contributed by atoms with E-state index < -0.39 is 5.82 Å². The molecule has 0 saturated heterocycles. The lowest BCUT2D eigenvalue weighted by Crippen LogP contribution is -2.11. The molecule has 0 atom stereocenters. The van der Waals surface area contributed by atoms with E-state index in [1.165, 1.54) is 6.07 Å². The summed E-state index contributed by atoms with van der Waals surface area (Å²) in [7, 11) is 0. The first-order chi connectivity index (χ1) is 9.66. The summed E-state index contributed by atoms with van der Waals surface area (Å²) in [5.41, 5.74) is 2.15. The Kier molecular flexibility index (Phi) is 3.26. The SMILES string of the molecule is Cc1cccc(C(=O)c2ccc3c(c2)CCCO3)c1F. The van der Waals surface area contributed by atoms with Crippen LogP contribution in [-0.2, 0) is 6.42 Å². The number of ether oxygens (including phenoxy) is 1. The van der Waals surface area contributed by atoms with Crippen molar-refractivity contribution < 1.29 is 13.9 Å². The van der Waals surface area contributed by atoms with Crippen molar-refractivity contribution in [3.63, 3.8) is 0 Å². The molecule has 2 aromatic rings. The van der Waals surface area contributed by atoms with Crippen molar-refractivity contribution in [1.29, 1.82) is 0 Å². The molecule has 2 aromatic carbocycles. The minimum absolute atomic E-state index is 0.127. The van der Waals surface area contributed by atoms with Crippen molar-refractivity contribution in [3.05, 3.63) is 64.5 Å². The maximum atomic E-state index is 14.0. The molecule has 2 nitrogen and oxygen atoms in total. The molecule has 1 aliphatic rings. The number of ketones is 1. The van der Waals surface area contributed by atoms with Crippen LogP contribution >= 0.6 is 0 Å². The number of hydrogen-bond acceptors (Lipinski definition) is 2. The van der Waals surface area contributed by atoms with Crippen molar-refractivity contribution in [3.8, 4) is 5.75 Å². The van der Waals surface area contributed by atoms with Crippen LogP contribution in [0.15, 0.2) is 36.4 Å². The van der Waals surface area contributed by atoms with Crippen LogP contribution in [0.2, 0.25) is 0 Å². The number of carbonyl (C=O) groups excluding carboxylic acids is 1. The van der Waals surface area contributed by atoms with Gasteiger partial charge in [-0.15, -0.1) is 0 Å². The van der Waals surface area contributed by atoms with Gasteiger partial charge in [0.05, 0.1) is 12.2 Å². The summed E-state index contributed by atoms with van der Waals surface area (Å²) < 4.78 is 19.6. The summed E-state index contributed by atoms with van der Waals surface area (Å²) >= 11 is 0. The zero-order chi connectivity index (χ0) is 14.1. The summed E-state index contributed by atoms with van der Waals surface area (Å²) in [5, 5.41) is 0. The maximum Gasteiger partial charge on any atom is 0.195 e. The maximum absolute atomic E-state index is 14.0. The summed E-state index contributed by atoms with van der Waals surface area (Å²) in [6, 6.07) is 10.2. The fourth-order valence-corrected chi connectivity index (χ4v) is 2.48. The standard InChI is InChI=1S/C17H15FO2/c1-11-4-2-6-14(16(11)18)17(19)13-7-8-15-12(10-13)5-3-9-20-15/h2,4,6-8,10H,3,5,9H2,1H3. The van der Waals surface area contributed by atoms with E-state index >= 15 is 0 Å². The fourth-order valence-electron chi connectivity index (χ4n) is 2.48. The molecular formula is C17H15FO2. The molecule has 1 aliphatic heterocycles. The molecular weight excluding hydrogens is 255 g/mol. The number of aryl methyl sites for hydroxylation is 2. The van der Waals surface area contributed by atoms with E-state index in [0.717, 1.165) is 24.2 Å². The van der Waals surface area contributed by atoms with E-state index in [9.17, 15) is 9.18 Å². The molecule has 0 bridgehead atoms. The van der Waals surface area contributed by atoms with Gasteiger partial charge in [0.15, 0.2) is 5.78 Å². The lowest BCUT2D eigenvalue weighted by Gasteiger charge is -2.17. The molecule has 3 rings (SSSR count). The topological polar surface area (TPSA) is 26.3 Å². The molecule has 0 aromatic heterocycles. The van der Waals surface area contributed by atoms with E-state index in [1.807, 2.05) is 6.07 Å². The molecule has 0 fully saturated rings. The van der Waals surface area contributed by atoms with Crippen molar-refractivity contribution in [2.45, 2.75) is 19.8 Å². The molecule has 1 heterocycles. The molecule has 20 heavy (non-hydrogen) atoms. The van der Waals surface area contributed by atoms with Crippen molar-refractivity contribution in [2.75, 3.05) is 6.61 Å². The highest BCUT2D eigenvalue weighted by Crippen LogP contribution is 2.27. The minimum atomic E-state index is -0.438. The predicted molar refractivity (Wildman–Crippen MR) is 74.8 cm³/mol. The second-order valence-corrected chi connectivity index (χ2v) is 5.04. The first-order valence-corrected chi connectivity index (χ1v) is 6.72. The Hall–Kier alpha value is -2.16. The van der Waals surface area contributed by atoms with Crippen LogP contribution in [0.25, 0.3) is 0 Å². The molecule has 0 aliphatic carbocycles. The summed E-state index contributed by atoms with van der Waals surface area (Å²) in [6.45, 7) is 2.37. The van der Waals surface area contributed by atoms with E-state index in [0.29, 0.717) is 17.7 Å². The Morgan fingerprint density at radius 1 is 1.25 bits per heavy atom. The van der Waals surface area contributed by atoms with E-state index in [-0.39, 0.29) is 11.3 Å².